The van der Waals surface area contributed by atoms with E-state index < -0.39 is 0 Å². The molecule has 3 aliphatic carbocycles. The maximum Gasteiger partial charge on any atom is 0.143 e. The van der Waals surface area contributed by atoms with Crippen molar-refractivity contribution in [1.82, 2.24) is 0 Å². The zero-order valence-electron chi connectivity index (χ0n) is 13.3. The minimum Gasteiger partial charge on any atom is -0.497 e. The van der Waals surface area contributed by atoms with Crippen molar-refractivity contribution in [2.75, 3.05) is 7.11 Å². The van der Waals surface area contributed by atoms with Crippen molar-refractivity contribution in [3.8, 4) is 5.75 Å². The highest BCUT2D eigenvalue weighted by Gasteiger charge is 2.55. The third-order valence-corrected chi connectivity index (χ3v) is 6.63. The predicted octanol–water partition coefficient (Wildman–Crippen LogP) is 4.29. The minimum atomic E-state index is -0.203. The van der Waals surface area contributed by atoms with E-state index >= 15 is 0 Å². The zero-order chi connectivity index (χ0) is 15.3. The normalized spacial score (nSPS) is 36.2. The molecule has 4 atom stereocenters. The number of benzene rings is 1. The van der Waals surface area contributed by atoms with Gasteiger partial charge in [-0.2, -0.15) is 0 Å². The van der Waals surface area contributed by atoms with Crippen LogP contribution in [0.3, 0.4) is 0 Å². The number of ether oxygens (including phenoxy) is 1. The Labute approximate surface area is 132 Å². The predicted molar refractivity (Wildman–Crippen MR) is 87.1 cm³/mol. The van der Waals surface area contributed by atoms with Crippen molar-refractivity contribution in [3.63, 3.8) is 0 Å². The summed E-state index contributed by atoms with van der Waals surface area (Å²) in [5.74, 6) is 3.21. The number of carbonyl (C=O) groups is 1. The van der Waals surface area contributed by atoms with Gasteiger partial charge in [0.1, 0.15) is 11.5 Å². The lowest BCUT2D eigenvalue weighted by molar-refractivity contribution is -0.127. The molecule has 22 heavy (non-hydrogen) atoms. The second-order valence-electron chi connectivity index (χ2n) is 7.23. The second kappa shape index (κ2) is 4.97. The van der Waals surface area contributed by atoms with E-state index in [1.807, 2.05) is 6.08 Å². The number of rotatable bonds is 2. The van der Waals surface area contributed by atoms with Crippen molar-refractivity contribution in [2.45, 2.75) is 44.4 Å². The van der Waals surface area contributed by atoms with Crippen LogP contribution in [0, 0.1) is 17.3 Å². The second-order valence-corrected chi connectivity index (χ2v) is 7.23. The number of allylic oxidation sites excluding steroid dienone is 1. The van der Waals surface area contributed by atoms with Crippen LogP contribution in [-0.4, -0.2) is 12.9 Å². The van der Waals surface area contributed by atoms with Crippen LogP contribution in [0.5, 0.6) is 5.75 Å². The summed E-state index contributed by atoms with van der Waals surface area (Å²) < 4.78 is 5.38. The number of hydrogen-bond acceptors (Lipinski definition) is 2. The Kier molecular flexibility index (Phi) is 3.18. The number of hydrogen-bond donors (Lipinski definition) is 0. The lowest BCUT2D eigenvalue weighted by atomic mass is 9.55. The summed E-state index contributed by atoms with van der Waals surface area (Å²) in [5, 5.41) is 0. The fourth-order valence-electron chi connectivity index (χ4n) is 5.56. The highest BCUT2D eigenvalue weighted by molar-refractivity contribution is 5.89. The van der Waals surface area contributed by atoms with Gasteiger partial charge < -0.3 is 4.74 Å². The van der Waals surface area contributed by atoms with E-state index in [1.165, 1.54) is 17.5 Å². The topological polar surface area (TPSA) is 26.3 Å². The summed E-state index contributed by atoms with van der Waals surface area (Å²) in [6, 6.07) is 6.57. The van der Waals surface area contributed by atoms with Gasteiger partial charge in [-0.15, -0.1) is 6.58 Å². The SMILES string of the molecule is C=C[C@]12CC[C@@H]3c4ccc(OC)cc4CC[C@H]3[C@@H]1CCC2=O. The molecule has 4 rings (SSSR count). The summed E-state index contributed by atoms with van der Waals surface area (Å²) in [6.45, 7) is 4.04. The maximum atomic E-state index is 12.5. The molecular weight excluding hydrogens is 272 g/mol. The Morgan fingerprint density at radius 2 is 2.14 bits per heavy atom. The van der Waals surface area contributed by atoms with Crippen LogP contribution in [0.1, 0.15) is 49.1 Å². The molecule has 1 aromatic carbocycles. The molecule has 3 aliphatic rings. The number of methoxy groups -OCH3 is 1. The molecule has 2 heteroatoms. The fraction of sp³-hybridized carbons (Fsp3) is 0.550. The summed E-state index contributed by atoms with van der Waals surface area (Å²) >= 11 is 0. The van der Waals surface area contributed by atoms with E-state index in [-0.39, 0.29) is 5.41 Å². The van der Waals surface area contributed by atoms with Gasteiger partial charge >= 0.3 is 0 Å². The molecule has 1 aromatic rings. The Balaban J connectivity index is 1.71. The average Bonchev–Trinajstić information content (AvgIpc) is 2.91. The van der Waals surface area contributed by atoms with Gasteiger partial charge in [0, 0.05) is 11.8 Å². The van der Waals surface area contributed by atoms with Gasteiger partial charge in [0.2, 0.25) is 0 Å². The van der Waals surface area contributed by atoms with Crippen LogP contribution >= 0.6 is 0 Å². The standard InChI is InChI=1S/C20H24O2/c1-3-20-11-10-16-15-7-5-14(22-2)12-13(15)4-6-17(16)18(20)8-9-19(20)21/h3,5,7,12,16-18H,1,4,6,8-11H2,2H3/t16-,17-,18+,20+/m1/s1. The average molecular weight is 296 g/mol. The summed E-state index contributed by atoms with van der Waals surface area (Å²) in [4.78, 5) is 12.5. The molecule has 0 saturated heterocycles. The number of aryl methyl sites for hydroxylation is 1. The first-order valence-electron chi connectivity index (χ1n) is 8.53. The maximum absolute atomic E-state index is 12.5. The van der Waals surface area contributed by atoms with Crippen LogP contribution in [0.15, 0.2) is 30.9 Å². The molecule has 0 aliphatic heterocycles. The molecule has 2 fully saturated rings. The van der Waals surface area contributed by atoms with E-state index in [0.29, 0.717) is 23.5 Å². The summed E-state index contributed by atoms with van der Waals surface area (Å²) in [5.41, 5.74) is 2.76. The molecule has 0 bridgehead atoms. The molecule has 0 radical (unpaired) electrons. The minimum absolute atomic E-state index is 0.203. The van der Waals surface area contributed by atoms with E-state index in [1.54, 1.807) is 7.11 Å². The van der Waals surface area contributed by atoms with Gasteiger partial charge in [-0.25, -0.2) is 0 Å². The van der Waals surface area contributed by atoms with Crippen molar-refractivity contribution < 1.29 is 9.53 Å². The first-order chi connectivity index (χ1) is 10.7. The molecule has 116 valence electrons. The highest BCUT2D eigenvalue weighted by atomic mass is 16.5. The van der Waals surface area contributed by atoms with Gasteiger partial charge in [0.25, 0.3) is 0 Å². The third kappa shape index (κ3) is 1.76. The van der Waals surface area contributed by atoms with E-state index in [0.717, 1.165) is 37.9 Å². The van der Waals surface area contributed by atoms with Gasteiger partial charge in [0.05, 0.1) is 7.11 Å². The largest absolute Gasteiger partial charge is 0.497 e. The van der Waals surface area contributed by atoms with Gasteiger partial charge in [-0.3, -0.25) is 4.79 Å². The van der Waals surface area contributed by atoms with E-state index in [9.17, 15) is 4.79 Å². The molecule has 0 spiro atoms. The quantitative estimate of drug-likeness (QED) is 0.761. The Morgan fingerprint density at radius 1 is 1.27 bits per heavy atom. The van der Waals surface area contributed by atoms with Crippen molar-refractivity contribution in [3.05, 3.63) is 42.0 Å². The first kappa shape index (κ1) is 14.0. The Bertz CT molecular complexity index is 633. The molecule has 0 unspecified atom stereocenters. The molecule has 2 nitrogen and oxygen atoms in total. The molecule has 0 aromatic heterocycles. The zero-order valence-corrected chi connectivity index (χ0v) is 13.3. The van der Waals surface area contributed by atoms with Crippen LogP contribution in [0.25, 0.3) is 0 Å². The van der Waals surface area contributed by atoms with E-state index in [4.69, 9.17) is 4.74 Å². The summed E-state index contributed by atoms with van der Waals surface area (Å²) in [7, 11) is 1.73. The van der Waals surface area contributed by atoms with Crippen molar-refractivity contribution >= 4 is 5.78 Å². The molecule has 2 saturated carbocycles. The molecule has 0 N–H and O–H groups in total. The van der Waals surface area contributed by atoms with Crippen molar-refractivity contribution in [2.24, 2.45) is 17.3 Å². The van der Waals surface area contributed by atoms with Crippen LogP contribution in [-0.2, 0) is 11.2 Å². The Hall–Kier alpha value is -1.57. The molecule has 0 amide bonds. The number of fused-ring (bicyclic) bond motifs is 5. The smallest absolute Gasteiger partial charge is 0.143 e. The first-order valence-corrected chi connectivity index (χ1v) is 8.53. The highest BCUT2D eigenvalue weighted by Crippen LogP contribution is 2.60. The molecule has 0 heterocycles. The van der Waals surface area contributed by atoms with E-state index in [2.05, 4.69) is 24.8 Å². The Morgan fingerprint density at radius 3 is 2.91 bits per heavy atom. The van der Waals surface area contributed by atoms with Crippen LogP contribution < -0.4 is 4.74 Å². The van der Waals surface area contributed by atoms with Crippen LogP contribution in [0.2, 0.25) is 0 Å². The summed E-state index contributed by atoms with van der Waals surface area (Å²) in [6.07, 6.45) is 8.26. The lowest BCUT2D eigenvalue weighted by Crippen LogP contribution is -2.43. The number of ketones is 1. The fourth-order valence-corrected chi connectivity index (χ4v) is 5.56. The lowest BCUT2D eigenvalue weighted by Gasteiger charge is -2.48. The van der Waals surface area contributed by atoms with Gasteiger partial charge in [-0.1, -0.05) is 12.1 Å². The van der Waals surface area contributed by atoms with Crippen molar-refractivity contribution in [1.29, 1.82) is 0 Å². The molecular formula is C20H24O2. The monoisotopic (exact) mass is 296 g/mol. The van der Waals surface area contributed by atoms with Gasteiger partial charge in [-0.05, 0) is 73.1 Å². The third-order valence-electron chi connectivity index (χ3n) is 6.63. The number of Topliss-reactive ketones (excluding diaryl/α,β-unsaturated/α-hetero) is 1. The van der Waals surface area contributed by atoms with Crippen LogP contribution in [0.4, 0.5) is 0 Å². The van der Waals surface area contributed by atoms with Gasteiger partial charge in [0.15, 0.2) is 0 Å². The number of carbonyl (C=O) groups excluding carboxylic acids is 1.